The van der Waals surface area contributed by atoms with Gasteiger partial charge in [-0.15, -0.1) is 0 Å². The van der Waals surface area contributed by atoms with Crippen LogP contribution in [0.2, 0.25) is 0 Å². The average molecular weight is 371 g/mol. The van der Waals surface area contributed by atoms with Crippen LogP contribution in [-0.2, 0) is 4.79 Å². The van der Waals surface area contributed by atoms with Crippen LogP contribution in [0, 0.1) is 40.4 Å². The Morgan fingerprint density at radius 2 is 1.70 bits per heavy atom. The van der Waals surface area contributed by atoms with Crippen LogP contribution in [0.3, 0.4) is 0 Å². The molecule has 5 aliphatic carbocycles. The molecule has 0 aromatic rings. The molecule has 0 unspecified atom stereocenters. The van der Waals surface area contributed by atoms with Crippen molar-refractivity contribution >= 4 is 5.78 Å². The van der Waals surface area contributed by atoms with Gasteiger partial charge in [0.05, 0.1) is 6.10 Å². The van der Waals surface area contributed by atoms with E-state index in [1.54, 1.807) is 5.57 Å². The highest BCUT2D eigenvalue weighted by Crippen LogP contribution is 2.65. The maximum atomic E-state index is 13.6. The summed E-state index contributed by atoms with van der Waals surface area (Å²) >= 11 is 0. The van der Waals surface area contributed by atoms with E-state index in [1.807, 2.05) is 0 Å². The van der Waals surface area contributed by atoms with Gasteiger partial charge in [0.15, 0.2) is 0 Å². The van der Waals surface area contributed by atoms with E-state index in [9.17, 15) is 9.90 Å². The monoisotopic (exact) mass is 370 g/mol. The predicted octanol–water partition coefficient (Wildman–Crippen LogP) is 5.69. The van der Waals surface area contributed by atoms with Crippen LogP contribution in [0.4, 0.5) is 0 Å². The molecule has 0 saturated heterocycles. The van der Waals surface area contributed by atoms with Gasteiger partial charge in [-0.3, -0.25) is 4.79 Å². The van der Waals surface area contributed by atoms with E-state index in [0.717, 1.165) is 38.0 Å². The summed E-state index contributed by atoms with van der Waals surface area (Å²) in [6.45, 7) is 4.82. The second kappa shape index (κ2) is 6.44. The molecule has 0 radical (unpaired) electrons. The Balaban J connectivity index is 1.43. The second-order valence-corrected chi connectivity index (χ2v) is 11.2. The highest BCUT2D eigenvalue weighted by Gasteiger charge is 2.61. The van der Waals surface area contributed by atoms with E-state index in [0.29, 0.717) is 29.5 Å². The van der Waals surface area contributed by atoms with Gasteiger partial charge in [-0.1, -0.05) is 44.8 Å². The Morgan fingerprint density at radius 1 is 0.963 bits per heavy atom. The minimum Gasteiger partial charge on any atom is -0.393 e. The standard InChI is InChI=1S/C25H38O2/c1-24-12-10-18(26)14-17(24)8-9-19-21(24)11-13-25(2)22(19)15-20(23(25)27)16-6-4-3-5-7-16/h8,16,18-22,26H,3-7,9-15H2,1-2H3/t18-,19+,20+,21-,22-,24-,25-/m0/s1. The third kappa shape index (κ3) is 2.65. The summed E-state index contributed by atoms with van der Waals surface area (Å²) in [5, 5.41) is 10.2. The molecule has 0 heterocycles. The van der Waals surface area contributed by atoms with Gasteiger partial charge < -0.3 is 5.11 Å². The highest BCUT2D eigenvalue weighted by molar-refractivity contribution is 5.89. The summed E-state index contributed by atoms with van der Waals surface area (Å²) < 4.78 is 0. The molecule has 5 rings (SSSR count). The van der Waals surface area contributed by atoms with Gasteiger partial charge in [0, 0.05) is 11.3 Å². The van der Waals surface area contributed by atoms with Gasteiger partial charge in [0.1, 0.15) is 5.78 Å². The van der Waals surface area contributed by atoms with Gasteiger partial charge in [0.2, 0.25) is 0 Å². The Kier molecular flexibility index (Phi) is 4.39. The first kappa shape index (κ1) is 18.4. The zero-order valence-electron chi connectivity index (χ0n) is 17.4. The van der Waals surface area contributed by atoms with Crippen molar-refractivity contribution in [3.63, 3.8) is 0 Å². The number of ketones is 1. The normalized spacial score (nSPS) is 50.6. The predicted molar refractivity (Wildman–Crippen MR) is 108 cm³/mol. The lowest BCUT2D eigenvalue weighted by Gasteiger charge is -2.56. The SMILES string of the molecule is C[C@]12CC[C@H](O)CC1=CC[C@@H]1[C@@H]2CC[C@]2(C)C(=O)[C@@H](C3CCCCC3)C[C@@H]12. The van der Waals surface area contributed by atoms with E-state index in [2.05, 4.69) is 19.9 Å². The van der Waals surface area contributed by atoms with Crippen LogP contribution in [0.15, 0.2) is 11.6 Å². The summed E-state index contributed by atoms with van der Waals surface area (Å²) in [7, 11) is 0. The van der Waals surface area contributed by atoms with Crippen LogP contribution >= 0.6 is 0 Å². The molecule has 27 heavy (non-hydrogen) atoms. The van der Waals surface area contributed by atoms with Crippen LogP contribution < -0.4 is 0 Å². The van der Waals surface area contributed by atoms with E-state index in [4.69, 9.17) is 0 Å². The Morgan fingerprint density at radius 3 is 2.48 bits per heavy atom. The van der Waals surface area contributed by atoms with Crippen LogP contribution in [0.5, 0.6) is 0 Å². The molecule has 0 aliphatic heterocycles. The van der Waals surface area contributed by atoms with E-state index in [-0.39, 0.29) is 16.9 Å². The number of hydrogen-bond acceptors (Lipinski definition) is 2. The fraction of sp³-hybridized carbons (Fsp3) is 0.880. The van der Waals surface area contributed by atoms with Crippen LogP contribution in [0.1, 0.15) is 90.9 Å². The fourth-order valence-electron chi connectivity index (χ4n) is 8.45. The third-order valence-electron chi connectivity index (χ3n) is 10.1. The molecule has 5 aliphatic rings. The van der Waals surface area contributed by atoms with Gasteiger partial charge >= 0.3 is 0 Å². The lowest BCUT2D eigenvalue weighted by atomic mass is 9.48. The molecule has 4 saturated carbocycles. The molecule has 0 aromatic heterocycles. The summed E-state index contributed by atoms with van der Waals surface area (Å²) in [6.07, 6.45) is 16.7. The van der Waals surface area contributed by atoms with Gasteiger partial charge in [-0.2, -0.15) is 0 Å². The number of Topliss-reactive ketones (excluding diaryl/α,β-unsaturated/α-hetero) is 1. The maximum absolute atomic E-state index is 13.6. The van der Waals surface area contributed by atoms with Gasteiger partial charge in [0.25, 0.3) is 0 Å². The van der Waals surface area contributed by atoms with E-state index in [1.165, 1.54) is 44.9 Å². The molecular weight excluding hydrogens is 332 g/mol. The molecule has 4 fully saturated rings. The first-order chi connectivity index (χ1) is 12.9. The third-order valence-corrected chi connectivity index (χ3v) is 10.1. The topological polar surface area (TPSA) is 37.3 Å². The molecule has 0 amide bonds. The first-order valence-corrected chi connectivity index (χ1v) is 11.9. The van der Waals surface area contributed by atoms with E-state index >= 15 is 0 Å². The van der Waals surface area contributed by atoms with Gasteiger partial charge in [-0.25, -0.2) is 0 Å². The molecule has 0 aromatic carbocycles. The molecule has 150 valence electrons. The number of aliphatic hydroxyl groups is 1. The number of carbonyl (C=O) groups excluding carboxylic acids is 1. The minimum atomic E-state index is -0.126. The second-order valence-electron chi connectivity index (χ2n) is 11.2. The van der Waals surface area contributed by atoms with Crippen molar-refractivity contribution in [1.29, 1.82) is 0 Å². The Labute approximate surface area is 165 Å². The van der Waals surface area contributed by atoms with E-state index < -0.39 is 0 Å². The molecule has 0 spiro atoms. The van der Waals surface area contributed by atoms with Crippen LogP contribution in [-0.4, -0.2) is 17.0 Å². The quantitative estimate of drug-likeness (QED) is 0.602. The molecule has 1 N–H and O–H groups in total. The minimum absolute atomic E-state index is 0.0425. The fourth-order valence-corrected chi connectivity index (χ4v) is 8.45. The number of aliphatic hydroxyl groups excluding tert-OH is 1. The van der Waals surface area contributed by atoms with Crippen molar-refractivity contribution in [2.24, 2.45) is 40.4 Å². The number of carbonyl (C=O) groups is 1. The van der Waals surface area contributed by atoms with Crippen molar-refractivity contribution in [3.8, 4) is 0 Å². The summed E-state index contributed by atoms with van der Waals surface area (Å²) in [5.74, 6) is 3.74. The Hall–Kier alpha value is -0.630. The smallest absolute Gasteiger partial charge is 0.142 e. The van der Waals surface area contributed by atoms with Crippen molar-refractivity contribution in [3.05, 3.63) is 11.6 Å². The number of allylic oxidation sites excluding steroid dienone is 1. The highest BCUT2D eigenvalue weighted by atomic mass is 16.3. The number of rotatable bonds is 1. The van der Waals surface area contributed by atoms with Crippen molar-refractivity contribution in [2.45, 2.75) is 97.0 Å². The van der Waals surface area contributed by atoms with Crippen LogP contribution in [0.25, 0.3) is 0 Å². The molecule has 7 atom stereocenters. The van der Waals surface area contributed by atoms with Crippen molar-refractivity contribution < 1.29 is 9.90 Å². The molecule has 2 heteroatoms. The lowest BCUT2D eigenvalue weighted by molar-refractivity contribution is -0.135. The maximum Gasteiger partial charge on any atom is 0.142 e. The number of fused-ring (bicyclic) bond motifs is 5. The zero-order valence-corrected chi connectivity index (χ0v) is 17.4. The van der Waals surface area contributed by atoms with Crippen molar-refractivity contribution in [1.82, 2.24) is 0 Å². The summed E-state index contributed by atoms with van der Waals surface area (Å²) in [6, 6.07) is 0. The van der Waals surface area contributed by atoms with Gasteiger partial charge in [-0.05, 0) is 86.9 Å². The summed E-state index contributed by atoms with van der Waals surface area (Å²) in [5.41, 5.74) is 1.79. The largest absolute Gasteiger partial charge is 0.393 e. The average Bonchev–Trinajstić information content (AvgIpc) is 2.94. The summed E-state index contributed by atoms with van der Waals surface area (Å²) in [4.78, 5) is 13.6. The zero-order chi connectivity index (χ0) is 18.8. The molecular formula is C25H38O2. The molecule has 0 bridgehead atoms. The lowest BCUT2D eigenvalue weighted by Crippen LogP contribution is -2.50. The number of hydrogen-bond donors (Lipinski definition) is 1. The Bertz CT molecular complexity index is 645. The molecule has 2 nitrogen and oxygen atoms in total. The van der Waals surface area contributed by atoms with Crippen molar-refractivity contribution in [2.75, 3.05) is 0 Å². The first-order valence-electron chi connectivity index (χ1n) is 11.9.